The lowest BCUT2D eigenvalue weighted by Crippen LogP contribution is -2.31. The lowest BCUT2D eigenvalue weighted by molar-refractivity contribution is -0.137. The molecule has 4 aromatic rings. The zero-order chi connectivity index (χ0) is 34.9. The van der Waals surface area contributed by atoms with Crippen LogP contribution >= 0.6 is 24.0 Å². The van der Waals surface area contributed by atoms with Crippen molar-refractivity contribution in [1.82, 2.24) is 10.2 Å². The predicted molar refractivity (Wildman–Crippen MR) is 200 cm³/mol. The Morgan fingerprint density at radius 2 is 1.46 bits per heavy atom. The number of nitrogens with zero attached hydrogens (tertiary/aromatic N) is 1. The highest BCUT2D eigenvalue weighted by atomic mass is 35.5. The summed E-state index contributed by atoms with van der Waals surface area (Å²) in [6, 6.07) is 32.0. The van der Waals surface area contributed by atoms with E-state index in [1.165, 1.54) is 31.7 Å². The smallest absolute Gasteiger partial charge is 0.417 e. The first kappa shape index (κ1) is 40.9. The lowest BCUT2D eigenvalue weighted by Gasteiger charge is -2.29. The van der Waals surface area contributed by atoms with E-state index in [-0.39, 0.29) is 35.8 Å². The Labute approximate surface area is 306 Å². The number of ether oxygens (including phenoxy) is 1. The van der Waals surface area contributed by atoms with Gasteiger partial charge in [-0.1, -0.05) is 136 Å². The van der Waals surface area contributed by atoms with Gasteiger partial charge in [0.1, 0.15) is 5.75 Å². The second-order valence-electron chi connectivity index (χ2n) is 12.5. The molecule has 270 valence electrons. The van der Waals surface area contributed by atoms with Crippen LogP contribution in [0.4, 0.5) is 13.2 Å². The first-order valence-electron chi connectivity index (χ1n) is 17.4. The van der Waals surface area contributed by atoms with Gasteiger partial charge in [0.25, 0.3) is 0 Å². The molecule has 0 aliphatic heterocycles. The van der Waals surface area contributed by atoms with Crippen molar-refractivity contribution in [2.24, 2.45) is 0 Å². The molecular weight excluding hydrogens is 680 g/mol. The summed E-state index contributed by atoms with van der Waals surface area (Å²) in [4.78, 5) is 14.7. The molecule has 0 aliphatic carbocycles. The van der Waals surface area contributed by atoms with Gasteiger partial charge < -0.3 is 10.1 Å². The van der Waals surface area contributed by atoms with Gasteiger partial charge in [0.15, 0.2) is 0 Å². The molecule has 4 rings (SSSR count). The van der Waals surface area contributed by atoms with E-state index in [1.807, 2.05) is 60.7 Å². The molecule has 0 heterocycles. The fourth-order valence-corrected chi connectivity index (χ4v) is 6.33. The maximum atomic E-state index is 13.7. The van der Waals surface area contributed by atoms with E-state index in [9.17, 15) is 18.0 Å². The van der Waals surface area contributed by atoms with Crippen molar-refractivity contribution in [3.8, 4) is 5.75 Å². The normalized spacial score (nSPS) is 11.4. The molecule has 9 heteroatoms. The number of nitrogens with one attached hydrogen (secondary N) is 1. The van der Waals surface area contributed by atoms with Crippen LogP contribution in [0.15, 0.2) is 103 Å². The summed E-state index contributed by atoms with van der Waals surface area (Å²) in [7, 11) is 0. The number of hydrogen-bond acceptors (Lipinski definition) is 3. The van der Waals surface area contributed by atoms with Gasteiger partial charge in [-0.15, -0.1) is 12.4 Å². The molecule has 0 spiro atoms. The van der Waals surface area contributed by atoms with Gasteiger partial charge in [-0.3, -0.25) is 9.69 Å². The molecule has 0 aliphatic rings. The molecule has 50 heavy (non-hydrogen) atoms. The maximum absolute atomic E-state index is 13.7. The van der Waals surface area contributed by atoms with E-state index < -0.39 is 11.7 Å². The fraction of sp³-hybridized carbons (Fsp3) is 0.390. The zero-order valence-corrected chi connectivity index (χ0v) is 30.3. The minimum Gasteiger partial charge on any atom is -0.494 e. The van der Waals surface area contributed by atoms with E-state index >= 15 is 0 Å². The quantitative estimate of drug-likeness (QED) is 0.0921. The number of benzene rings is 4. The summed E-state index contributed by atoms with van der Waals surface area (Å²) in [6.45, 7) is 4.70. The third-order valence-corrected chi connectivity index (χ3v) is 9.07. The van der Waals surface area contributed by atoms with Gasteiger partial charge in [0.05, 0.1) is 23.6 Å². The molecule has 0 radical (unpaired) electrons. The Morgan fingerprint density at radius 1 is 0.820 bits per heavy atom. The van der Waals surface area contributed by atoms with Crippen molar-refractivity contribution >= 4 is 29.9 Å². The summed E-state index contributed by atoms with van der Waals surface area (Å²) in [5.41, 5.74) is 2.73. The van der Waals surface area contributed by atoms with E-state index in [2.05, 4.69) is 41.4 Å². The second-order valence-corrected chi connectivity index (χ2v) is 12.9. The van der Waals surface area contributed by atoms with Crippen molar-refractivity contribution in [3.05, 3.63) is 136 Å². The highest BCUT2D eigenvalue weighted by molar-refractivity contribution is 6.32. The fourth-order valence-electron chi connectivity index (χ4n) is 6.03. The summed E-state index contributed by atoms with van der Waals surface area (Å²) >= 11 is 6.36. The Balaban J connectivity index is 0.00000676. The number of amides is 1. The third kappa shape index (κ3) is 13.7. The minimum absolute atomic E-state index is 0. The molecule has 1 N–H and O–H groups in total. The number of carbonyl (C=O) groups excluding carboxylic acids is 1. The number of rotatable bonds is 20. The van der Waals surface area contributed by atoms with Gasteiger partial charge in [-0.05, 0) is 53.3 Å². The van der Waals surface area contributed by atoms with Gasteiger partial charge in [0, 0.05) is 32.1 Å². The maximum Gasteiger partial charge on any atom is 0.417 e. The van der Waals surface area contributed by atoms with Gasteiger partial charge in [-0.25, -0.2) is 0 Å². The molecule has 4 nitrogen and oxygen atoms in total. The average molecular weight is 730 g/mol. The van der Waals surface area contributed by atoms with Crippen LogP contribution in [0.3, 0.4) is 0 Å². The first-order valence-corrected chi connectivity index (χ1v) is 17.8. The van der Waals surface area contributed by atoms with Crippen LogP contribution in [-0.4, -0.2) is 37.0 Å². The monoisotopic (exact) mass is 728 g/mol. The van der Waals surface area contributed by atoms with Gasteiger partial charge in [0.2, 0.25) is 5.91 Å². The number of hydrogen-bond donors (Lipinski definition) is 1. The summed E-state index contributed by atoms with van der Waals surface area (Å²) in [6.07, 6.45) is 3.46. The topological polar surface area (TPSA) is 41.6 Å². The standard InChI is InChI=1S/C41H48ClF3N2O2.ClH/c1-2-3-4-5-6-13-25-46-39(48)29-32-17-14-23-36(28-32)49-27-16-26-47(30-35-22-15-24-38(40(35)42)41(43,44)45)31-37(33-18-9-7-10-19-33)34-20-11-8-12-21-34;/h7-12,14-15,17-24,28,37H,2-6,13,16,25-27,29-31H2,1H3,(H,46,48);1H. The molecule has 0 saturated carbocycles. The van der Waals surface area contributed by atoms with Crippen molar-refractivity contribution in [3.63, 3.8) is 0 Å². The van der Waals surface area contributed by atoms with Crippen LogP contribution in [0.5, 0.6) is 5.75 Å². The molecule has 0 atom stereocenters. The van der Waals surface area contributed by atoms with Crippen molar-refractivity contribution < 1.29 is 22.7 Å². The van der Waals surface area contributed by atoms with Gasteiger partial charge >= 0.3 is 6.18 Å². The van der Waals surface area contributed by atoms with E-state index in [4.69, 9.17) is 16.3 Å². The molecule has 0 bridgehead atoms. The van der Waals surface area contributed by atoms with Crippen LogP contribution in [-0.2, 0) is 23.9 Å². The largest absolute Gasteiger partial charge is 0.494 e. The van der Waals surface area contributed by atoms with Gasteiger partial charge in [-0.2, -0.15) is 13.2 Å². The van der Waals surface area contributed by atoms with Crippen molar-refractivity contribution in [1.29, 1.82) is 0 Å². The van der Waals surface area contributed by atoms with Crippen LogP contribution in [0.2, 0.25) is 5.02 Å². The molecule has 0 aromatic heterocycles. The van der Waals surface area contributed by atoms with E-state index in [0.717, 1.165) is 35.6 Å². The highest BCUT2D eigenvalue weighted by Crippen LogP contribution is 2.37. The van der Waals surface area contributed by atoms with Crippen molar-refractivity contribution in [2.75, 3.05) is 26.2 Å². The Kier molecular flexibility index (Phi) is 17.7. The number of carbonyl (C=O) groups is 1. The van der Waals surface area contributed by atoms with E-state index in [1.54, 1.807) is 6.07 Å². The van der Waals surface area contributed by atoms with E-state index in [0.29, 0.717) is 50.4 Å². The lowest BCUT2D eigenvalue weighted by atomic mass is 9.90. The highest BCUT2D eigenvalue weighted by Gasteiger charge is 2.34. The summed E-state index contributed by atoms with van der Waals surface area (Å²) < 4.78 is 47.2. The SMILES string of the molecule is CCCCCCCCNC(=O)Cc1cccc(OCCCN(Cc2cccc(C(F)(F)F)c2Cl)CC(c2ccccc2)c2ccccc2)c1.Cl. The Bertz CT molecular complexity index is 1520. The number of alkyl halides is 3. The molecule has 0 fully saturated rings. The Morgan fingerprint density at radius 3 is 2.12 bits per heavy atom. The Hall–Kier alpha value is -3.52. The molecule has 0 saturated heterocycles. The van der Waals surface area contributed by atoms with Crippen LogP contribution < -0.4 is 10.1 Å². The summed E-state index contributed by atoms with van der Waals surface area (Å²) in [5.74, 6) is 0.679. The average Bonchev–Trinajstić information content (AvgIpc) is 3.09. The summed E-state index contributed by atoms with van der Waals surface area (Å²) in [5, 5.41) is 2.76. The molecular formula is C41H49Cl2F3N2O2. The third-order valence-electron chi connectivity index (χ3n) is 8.63. The molecule has 1 amide bonds. The van der Waals surface area contributed by atoms with Crippen LogP contribution in [0, 0.1) is 0 Å². The number of unbranched alkanes of at least 4 members (excludes halogenated alkanes) is 5. The number of halogens is 5. The molecule has 0 unspecified atom stereocenters. The minimum atomic E-state index is -4.54. The second kappa shape index (κ2) is 21.6. The van der Waals surface area contributed by atoms with Crippen LogP contribution in [0.25, 0.3) is 0 Å². The van der Waals surface area contributed by atoms with Crippen molar-refractivity contribution in [2.45, 2.75) is 76.9 Å². The molecule has 4 aromatic carbocycles. The van der Waals surface area contributed by atoms with Crippen LogP contribution in [0.1, 0.15) is 85.6 Å². The predicted octanol–water partition coefficient (Wildman–Crippen LogP) is 10.9. The zero-order valence-electron chi connectivity index (χ0n) is 28.8. The first-order chi connectivity index (χ1) is 23.7.